The van der Waals surface area contributed by atoms with Gasteiger partial charge >= 0.3 is 5.97 Å². The predicted molar refractivity (Wildman–Crippen MR) is 136 cm³/mol. The van der Waals surface area contributed by atoms with Gasteiger partial charge in [0, 0.05) is 17.0 Å². The molecule has 0 aliphatic heterocycles. The van der Waals surface area contributed by atoms with E-state index < -0.39 is 21.3 Å². The minimum absolute atomic E-state index is 0.0264. The lowest BCUT2D eigenvalue weighted by Gasteiger charge is -2.19. The number of sulfone groups is 1. The molecule has 8 nitrogen and oxygen atoms in total. The molecule has 184 valence electrons. The molecule has 4 rings (SSSR count). The Kier molecular flexibility index (Phi) is 6.57. The molecule has 0 spiro atoms. The fourth-order valence-corrected chi connectivity index (χ4v) is 5.00. The number of carboxylic acids is 1. The van der Waals surface area contributed by atoms with Crippen LogP contribution in [0.4, 0.5) is 0 Å². The highest BCUT2D eigenvalue weighted by Crippen LogP contribution is 2.39. The monoisotopic (exact) mass is 495 g/mol. The number of fused-ring (bicyclic) bond motifs is 3. The summed E-state index contributed by atoms with van der Waals surface area (Å²) >= 11 is 0. The third-order valence-electron chi connectivity index (χ3n) is 6.18. The van der Waals surface area contributed by atoms with Gasteiger partial charge in [0.25, 0.3) is 0 Å². The lowest BCUT2D eigenvalue weighted by atomic mass is 9.98. The minimum Gasteiger partial charge on any atom is -0.491 e. The zero-order valence-corrected chi connectivity index (χ0v) is 20.8. The molecule has 2 aromatic carbocycles. The maximum atomic E-state index is 12.5. The highest BCUT2D eigenvalue weighted by molar-refractivity contribution is 7.91. The molecule has 0 saturated heterocycles. The van der Waals surface area contributed by atoms with Crippen LogP contribution in [0.3, 0.4) is 0 Å². The fourth-order valence-electron chi connectivity index (χ4n) is 4.08. The van der Waals surface area contributed by atoms with E-state index >= 15 is 0 Å². The number of pyridine rings is 1. The van der Waals surface area contributed by atoms with Crippen molar-refractivity contribution in [1.82, 2.24) is 9.97 Å². The van der Waals surface area contributed by atoms with Crippen molar-refractivity contribution in [2.75, 3.05) is 12.4 Å². The number of hydrogen-bond donors (Lipinski definition) is 3. The van der Waals surface area contributed by atoms with E-state index in [1.807, 2.05) is 31.2 Å². The topological polar surface area (TPSA) is 135 Å². The van der Waals surface area contributed by atoms with Gasteiger partial charge in [-0.25, -0.2) is 13.4 Å². The number of aryl methyl sites for hydroxylation is 1. The third-order valence-corrected chi connectivity index (χ3v) is 7.91. The normalized spacial score (nSPS) is 13.7. The van der Waals surface area contributed by atoms with E-state index in [2.05, 4.69) is 9.97 Å². The van der Waals surface area contributed by atoms with Gasteiger partial charge in [-0.1, -0.05) is 19.1 Å². The van der Waals surface area contributed by atoms with Gasteiger partial charge < -0.3 is 20.6 Å². The number of ether oxygens (including phenoxy) is 1. The first-order chi connectivity index (χ1) is 16.5. The Bertz CT molecular complexity index is 1520. The number of nitrogens with two attached hydrogens (primary N) is 1. The van der Waals surface area contributed by atoms with E-state index in [1.165, 1.54) is 6.92 Å². The van der Waals surface area contributed by atoms with Gasteiger partial charge in [0.15, 0.2) is 9.84 Å². The van der Waals surface area contributed by atoms with Gasteiger partial charge in [-0.15, -0.1) is 0 Å². The molecule has 4 N–H and O–H groups in total. The number of aromatic amines is 1. The summed E-state index contributed by atoms with van der Waals surface area (Å²) in [5, 5.41) is 11.0. The number of rotatable bonds is 9. The highest BCUT2D eigenvalue weighted by Gasteiger charge is 2.27. The Hall–Kier alpha value is -3.43. The van der Waals surface area contributed by atoms with E-state index in [0.717, 1.165) is 33.0 Å². The Morgan fingerprint density at radius 2 is 2.00 bits per heavy atom. The van der Waals surface area contributed by atoms with Crippen LogP contribution < -0.4 is 10.5 Å². The van der Waals surface area contributed by atoms with Gasteiger partial charge in [0.05, 0.1) is 22.8 Å². The smallest absolute Gasteiger partial charge is 0.323 e. The van der Waals surface area contributed by atoms with E-state index in [9.17, 15) is 18.3 Å². The van der Waals surface area contributed by atoms with Crippen LogP contribution in [0.5, 0.6) is 5.75 Å². The molecule has 0 saturated carbocycles. The Balaban J connectivity index is 1.78. The molecule has 4 aromatic rings. The Morgan fingerprint density at radius 1 is 1.23 bits per heavy atom. The lowest BCUT2D eigenvalue weighted by molar-refractivity contribution is -0.143. The summed E-state index contributed by atoms with van der Waals surface area (Å²) in [6.07, 6.45) is 2.52. The highest BCUT2D eigenvalue weighted by atomic mass is 32.2. The van der Waals surface area contributed by atoms with Crippen molar-refractivity contribution < 1.29 is 23.1 Å². The maximum Gasteiger partial charge on any atom is 0.323 e. The number of H-pyrrole nitrogens is 1. The largest absolute Gasteiger partial charge is 0.491 e. The van der Waals surface area contributed by atoms with Crippen LogP contribution in [0.2, 0.25) is 0 Å². The SMILES string of the molecule is CCS(=O)(=O)c1cccc(-c2ccc(OCCC[C@](C)(N)C(=O)O)c3[nH]c4ncc(C)cc4c23)c1. The van der Waals surface area contributed by atoms with Crippen LogP contribution in [-0.4, -0.2) is 47.4 Å². The number of hydrogen-bond acceptors (Lipinski definition) is 6. The number of carbonyl (C=O) groups is 1. The average molecular weight is 496 g/mol. The first-order valence-electron chi connectivity index (χ1n) is 11.4. The molecule has 0 fully saturated rings. The van der Waals surface area contributed by atoms with Gasteiger partial charge in [-0.05, 0) is 73.7 Å². The predicted octanol–water partition coefficient (Wildman–Crippen LogP) is 4.45. The minimum atomic E-state index is -3.36. The second kappa shape index (κ2) is 9.31. The zero-order valence-electron chi connectivity index (χ0n) is 20.0. The molecule has 0 unspecified atom stereocenters. The van der Waals surface area contributed by atoms with Gasteiger partial charge in [-0.3, -0.25) is 4.79 Å². The van der Waals surface area contributed by atoms with Crippen LogP contribution in [0.15, 0.2) is 53.6 Å². The third kappa shape index (κ3) is 4.87. The molecule has 0 aliphatic rings. The number of nitrogens with zero attached hydrogens (tertiary/aromatic N) is 1. The van der Waals surface area contributed by atoms with Gasteiger partial charge in [0.2, 0.25) is 0 Å². The molecule has 35 heavy (non-hydrogen) atoms. The van der Waals surface area contributed by atoms with E-state index in [-0.39, 0.29) is 17.1 Å². The molecule has 0 radical (unpaired) electrons. The van der Waals surface area contributed by atoms with Crippen molar-refractivity contribution in [3.8, 4) is 16.9 Å². The lowest BCUT2D eigenvalue weighted by Crippen LogP contribution is -2.44. The number of aromatic nitrogens is 2. The first kappa shape index (κ1) is 24.7. The molecule has 2 aromatic heterocycles. The number of benzene rings is 2. The van der Waals surface area contributed by atoms with Crippen molar-refractivity contribution >= 4 is 37.7 Å². The Labute approximate surface area is 204 Å². The average Bonchev–Trinajstić information content (AvgIpc) is 3.21. The summed E-state index contributed by atoms with van der Waals surface area (Å²) in [5.74, 6) is -0.419. The van der Waals surface area contributed by atoms with Crippen molar-refractivity contribution in [2.45, 2.75) is 44.0 Å². The van der Waals surface area contributed by atoms with E-state index in [0.29, 0.717) is 24.4 Å². The molecule has 2 heterocycles. The van der Waals surface area contributed by atoms with Crippen molar-refractivity contribution in [3.63, 3.8) is 0 Å². The molecule has 0 amide bonds. The van der Waals surface area contributed by atoms with Crippen LogP contribution in [-0.2, 0) is 14.6 Å². The van der Waals surface area contributed by atoms with Crippen molar-refractivity contribution in [2.24, 2.45) is 5.73 Å². The van der Waals surface area contributed by atoms with Gasteiger partial charge in [0.1, 0.15) is 16.9 Å². The standard InChI is InChI=1S/C26H29N3O5S/c1-4-35(32,33)18-8-5-7-17(14-18)19-9-10-21(34-12-6-11-26(3,27)25(30)31)23-22(19)20-13-16(2)15-28-24(20)29-23/h5,7-10,13-15H,4,6,11-12,27H2,1-3H3,(H,28,29)(H,30,31)/t26-/m0/s1. The van der Waals surface area contributed by atoms with Crippen LogP contribution in [0, 0.1) is 6.92 Å². The summed E-state index contributed by atoms with van der Waals surface area (Å²) in [6, 6.07) is 12.7. The molecule has 1 atom stereocenters. The summed E-state index contributed by atoms with van der Waals surface area (Å²) in [4.78, 5) is 19.4. The first-order valence-corrected chi connectivity index (χ1v) is 13.1. The van der Waals surface area contributed by atoms with Crippen LogP contribution >= 0.6 is 0 Å². The second-order valence-corrected chi connectivity index (χ2v) is 11.3. The van der Waals surface area contributed by atoms with E-state index in [1.54, 1.807) is 31.3 Å². The number of nitrogens with one attached hydrogen (secondary N) is 1. The summed E-state index contributed by atoms with van der Waals surface area (Å²) < 4.78 is 31.0. The summed E-state index contributed by atoms with van der Waals surface area (Å²) in [6.45, 7) is 5.37. The quantitative estimate of drug-likeness (QED) is 0.292. The fraction of sp³-hybridized carbons (Fsp3) is 0.308. The number of aliphatic carboxylic acids is 1. The maximum absolute atomic E-state index is 12.5. The summed E-state index contributed by atoms with van der Waals surface area (Å²) in [5.41, 5.74) is 8.58. The van der Waals surface area contributed by atoms with Crippen LogP contribution in [0.25, 0.3) is 33.1 Å². The zero-order chi connectivity index (χ0) is 25.4. The van der Waals surface area contributed by atoms with Crippen molar-refractivity contribution in [1.29, 1.82) is 0 Å². The second-order valence-electron chi connectivity index (χ2n) is 9.00. The Morgan fingerprint density at radius 3 is 2.71 bits per heavy atom. The molecular weight excluding hydrogens is 466 g/mol. The van der Waals surface area contributed by atoms with Crippen molar-refractivity contribution in [3.05, 3.63) is 54.2 Å². The number of carboxylic acid groups (broad SMARTS) is 1. The molecule has 9 heteroatoms. The van der Waals surface area contributed by atoms with Crippen LogP contribution in [0.1, 0.15) is 32.3 Å². The molecule has 0 aliphatic carbocycles. The summed E-state index contributed by atoms with van der Waals surface area (Å²) in [7, 11) is -3.36. The van der Waals surface area contributed by atoms with Gasteiger partial charge in [-0.2, -0.15) is 0 Å². The van der Waals surface area contributed by atoms with E-state index in [4.69, 9.17) is 10.5 Å². The molecular formula is C26H29N3O5S. The molecule has 0 bridgehead atoms.